The number of nitrogens with zero attached hydrogens (tertiary/aromatic N) is 6. The van der Waals surface area contributed by atoms with Crippen LogP contribution < -0.4 is 9.80 Å². The van der Waals surface area contributed by atoms with Crippen LogP contribution in [0.1, 0.15) is 11.3 Å². The van der Waals surface area contributed by atoms with Crippen LogP contribution >= 0.6 is 0 Å². The minimum absolute atomic E-state index is 0.892. The summed E-state index contributed by atoms with van der Waals surface area (Å²) in [5.74, 6) is 1.97. The van der Waals surface area contributed by atoms with Crippen molar-refractivity contribution in [3.05, 3.63) is 47.7 Å². The van der Waals surface area contributed by atoms with E-state index in [-0.39, 0.29) is 0 Å². The lowest BCUT2D eigenvalue weighted by molar-refractivity contribution is 0.248. The molecule has 0 spiro atoms. The standard InChI is InChI=1S/C21H30N6/c1-18-16-20(26-12-8-24(2)9-13-26)23-21(22-18)27-14-10-25(11-15-27)17-19-6-4-3-5-7-19/h3-7,16H,8-15,17H2,1-2H3. The summed E-state index contributed by atoms with van der Waals surface area (Å²) in [4.78, 5) is 19.3. The summed E-state index contributed by atoms with van der Waals surface area (Å²) in [6.45, 7) is 11.4. The van der Waals surface area contributed by atoms with E-state index in [0.717, 1.165) is 76.4 Å². The van der Waals surface area contributed by atoms with Gasteiger partial charge in [0.2, 0.25) is 5.95 Å². The number of aromatic nitrogens is 2. The van der Waals surface area contributed by atoms with Gasteiger partial charge in [-0.25, -0.2) is 4.98 Å². The lowest BCUT2D eigenvalue weighted by Crippen LogP contribution is -2.47. The van der Waals surface area contributed by atoms with Crippen molar-refractivity contribution in [2.24, 2.45) is 0 Å². The number of likely N-dealkylation sites (N-methyl/N-ethyl adjacent to an activating group) is 1. The molecule has 2 aromatic rings. The molecule has 6 nitrogen and oxygen atoms in total. The summed E-state index contributed by atoms with van der Waals surface area (Å²) in [5.41, 5.74) is 2.44. The van der Waals surface area contributed by atoms with Crippen LogP contribution in [0.2, 0.25) is 0 Å². The first-order valence-corrected chi connectivity index (χ1v) is 9.98. The minimum Gasteiger partial charge on any atom is -0.354 e. The first kappa shape index (κ1) is 18.2. The summed E-state index contributed by atoms with van der Waals surface area (Å²) in [5, 5.41) is 0. The molecule has 2 saturated heterocycles. The van der Waals surface area contributed by atoms with Gasteiger partial charge in [0.1, 0.15) is 5.82 Å². The maximum absolute atomic E-state index is 4.92. The Morgan fingerprint density at radius 1 is 0.815 bits per heavy atom. The highest BCUT2D eigenvalue weighted by Crippen LogP contribution is 2.20. The van der Waals surface area contributed by atoms with E-state index in [9.17, 15) is 0 Å². The lowest BCUT2D eigenvalue weighted by Gasteiger charge is -2.36. The number of benzene rings is 1. The average Bonchev–Trinajstić information content (AvgIpc) is 2.69. The van der Waals surface area contributed by atoms with E-state index in [0.29, 0.717) is 0 Å². The van der Waals surface area contributed by atoms with Crippen LogP contribution in [0.3, 0.4) is 0 Å². The quantitative estimate of drug-likeness (QED) is 0.822. The van der Waals surface area contributed by atoms with Crippen molar-refractivity contribution in [2.75, 3.05) is 69.2 Å². The summed E-state index contributed by atoms with van der Waals surface area (Å²) >= 11 is 0. The Labute approximate surface area is 162 Å². The van der Waals surface area contributed by atoms with Crippen molar-refractivity contribution < 1.29 is 0 Å². The van der Waals surface area contributed by atoms with Crippen LogP contribution in [0.4, 0.5) is 11.8 Å². The zero-order valence-electron chi connectivity index (χ0n) is 16.5. The van der Waals surface area contributed by atoms with Gasteiger partial charge in [-0.2, -0.15) is 4.98 Å². The van der Waals surface area contributed by atoms with Crippen molar-refractivity contribution in [3.8, 4) is 0 Å². The van der Waals surface area contributed by atoms with Gasteiger partial charge in [-0.15, -0.1) is 0 Å². The lowest BCUT2D eigenvalue weighted by atomic mass is 10.2. The van der Waals surface area contributed by atoms with Crippen LogP contribution in [0.25, 0.3) is 0 Å². The largest absolute Gasteiger partial charge is 0.354 e. The van der Waals surface area contributed by atoms with Gasteiger partial charge in [0.25, 0.3) is 0 Å². The van der Waals surface area contributed by atoms with Gasteiger partial charge in [-0.1, -0.05) is 30.3 Å². The molecule has 144 valence electrons. The van der Waals surface area contributed by atoms with Crippen LogP contribution in [0, 0.1) is 6.92 Å². The van der Waals surface area contributed by atoms with Gasteiger partial charge < -0.3 is 14.7 Å². The molecule has 0 aliphatic carbocycles. The molecule has 4 rings (SSSR count). The van der Waals surface area contributed by atoms with Crippen LogP contribution in [0.5, 0.6) is 0 Å². The second-order valence-electron chi connectivity index (χ2n) is 7.71. The number of rotatable bonds is 4. The van der Waals surface area contributed by atoms with Crippen molar-refractivity contribution in [2.45, 2.75) is 13.5 Å². The Balaban J connectivity index is 1.39. The van der Waals surface area contributed by atoms with Crippen LogP contribution in [0.15, 0.2) is 36.4 Å². The molecule has 0 radical (unpaired) electrons. The van der Waals surface area contributed by atoms with E-state index < -0.39 is 0 Å². The highest BCUT2D eigenvalue weighted by molar-refractivity contribution is 5.46. The number of hydrogen-bond acceptors (Lipinski definition) is 6. The molecule has 3 heterocycles. The van der Waals surface area contributed by atoms with Crippen molar-refractivity contribution in [1.29, 1.82) is 0 Å². The molecular weight excluding hydrogens is 336 g/mol. The van der Waals surface area contributed by atoms with E-state index >= 15 is 0 Å². The van der Waals surface area contributed by atoms with E-state index in [1.807, 2.05) is 0 Å². The van der Waals surface area contributed by atoms with E-state index in [1.165, 1.54) is 5.56 Å². The summed E-state index contributed by atoms with van der Waals surface area (Å²) in [6.07, 6.45) is 0. The Morgan fingerprint density at radius 2 is 1.48 bits per heavy atom. The summed E-state index contributed by atoms with van der Waals surface area (Å²) < 4.78 is 0. The second kappa shape index (κ2) is 8.23. The Kier molecular flexibility index (Phi) is 5.55. The number of aryl methyl sites for hydroxylation is 1. The maximum Gasteiger partial charge on any atom is 0.227 e. The first-order valence-electron chi connectivity index (χ1n) is 9.98. The molecule has 2 aliphatic rings. The number of piperazine rings is 2. The third-order valence-electron chi connectivity index (χ3n) is 5.56. The zero-order valence-corrected chi connectivity index (χ0v) is 16.5. The third-order valence-corrected chi connectivity index (χ3v) is 5.56. The number of anilines is 2. The third kappa shape index (κ3) is 4.57. The highest BCUT2D eigenvalue weighted by Gasteiger charge is 2.22. The van der Waals surface area contributed by atoms with Gasteiger partial charge in [-0.05, 0) is 19.5 Å². The van der Waals surface area contributed by atoms with E-state index in [4.69, 9.17) is 9.97 Å². The Hall–Kier alpha value is -2.18. The molecule has 0 N–H and O–H groups in total. The summed E-state index contributed by atoms with van der Waals surface area (Å²) in [6, 6.07) is 12.9. The minimum atomic E-state index is 0.892. The van der Waals surface area contributed by atoms with Crippen LogP contribution in [-0.4, -0.2) is 79.2 Å². The Morgan fingerprint density at radius 3 is 2.19 bits per heavy atom. The molecule has 2 aliphatic heterocycles. The molecule has 0 amide bonds. The highest BCUT2D eigenvalue weighted by atomic mass is 15.3. The predicted molar refractivity (Wildman–Crippen MR) is 110 cm³/mol. The van der Waals surface area contributed by atoms with Crippen LogP contribution in [-0.2, 0) is 6.54 Å². The molecule has 1 aromatic carbocycles. The maximum atomic E-state index is 4.92. The SMILES string of the molecule is Cc1cc(N2CCN(C)CC2)nc(N2CCN(Cc3ccccc3)CC2)n1. The zero-order chi connectivity index (χ0) is 18.6. The van der Waals surface area contributed by atoms with Crippen molar-refractivity contribution in [1.82, 2.24) is 19.8 Å². The van der Waals surface area contributed by atoms with Gasteiger partial charge >= 0.3 is 0 Å². The molecular formula is C21H30N6. The average molecular weight is 367 g/mol. The van der Waals surface area contributed by atoms with Gasteiger partial charge in [0.15, 0.2) is 0 Å². The fourth-order valence-corrected chi connectivity index (χ4v) is 3.82. The summed E-state index contributed by atoms with van der Waals surface area (Å²) in [7, 11) is 2.18. The molecule has 0 unspecified atom stereocenters. The van der Waals surface area contributed by atoms with Gasteiger partial charge in [-0.3, -0.25) is 4.90 Å². The number of hydrogen-bond donors (Lipinski definition) is 0. The predicted octanol–water partition coefficient (Wildman–Crippen LogP) is 1.86. The molecule has 27 heavy (non-hydrogen) atoms. The van der Waals surface area contributed by atoms with E-state index in [1.54, 1.807) is 0 Å². The fourth-order valence-electron chi connectivity index (χ4n) is 3.82. The van der Waals surface area contributed by atoms with Gasteiger partial charge in [0, 0.05) is 70.7 Å². The van der Waals surface area contributed by atoms with Gasteiger partial charge in [0.05, 0.1) is 0 Å². The molecule has 2 fully saturated rings. The normalized spacial score (nSPS) is 19.5. The van der Waals surface area contributed by atoms with E-state index in [2.05, 4.69) is 70.0 Å². The molecule has 0 saturated carbocycles. The Bertz CT molecular complexity index is 734. The molecule has 1 aromatic heterocycles. The monoisotopic (exact) mass is 366 g/mol. The fraction of sp³-hybridized carbons (Fsp3) is 0.524. The topological polar surface area (TPSA) is 38.7 Å². The second-order valence-corrected chi connectivity index (χ2v) is 7.71. The smallest absolute Gasteiger partial charge is 0.227 e. The molecule has 0 atom stereocenters. The van der Waals surface area contributed by atoms with Crippen molar-refractivity contribution in [3.63, 3.8) is 0 Å². The first-order chi connectivity index (χ1) is 13.2. The molecule has 6 heteroatoms. The molecule has 0 bridgehead atoms. The van der Waals surface area contributed by atoms with Crippen molar-refractivity contribution >= 4 is 11.8 Å².